The van der Waals surface area contributed by atoms with Gasteiger partial charge in [-0.15, -0.1) is 0 Å². The van der Waals surface area contributed by atoms with Crippen LogP contribution in [0.2, 0.25) is 0 Å². The topological polar surface area (TPSA) is 688 Å². The van der Waals surface area contributed by atoms with E-state index in [-0.39, 0.29) is 188 Å². The van der Waals surface area contributed by atoms with E-state index >= 15 is 0 Å². The first kappa shape index (κ1) is 110. The molecule has 0 heterocycles. The van der Waals surface area contributed by atoms with Gasteiger partial charge in [0.1, 0.15) is 0 Å². The van der Waals surface area contributed by atoms with Gasteiger partial charge in [-0.2, -0.15) is 0 Å². The van der Waals surface area contributed by atoms with Crippen molar-refractivity contribution in [3.8, 4) is 0 Å². The molecule has 0 aliphatic rings. The van der Waals surface area contributed by atoms with E-state index in [0.717, 1.165) is 0 Å². The van der Waals surface area contributed by atoms with Crippen molar-refractivity contribution < 1.29 is 267 Å². The van der Waals surface area contributed by atoms with Crippen molar-refractivity contribution in [2.45, 2.75) is 0 Å². The van der Waals surface area contributed by atoms with Crippen molar-refractivity contribution in [3.05, 3.63) is 0 Å². The molecule has 0 aliphatic heterocycles. The van der Waals surface area contributed by atoms with E-state index in [1.807, 2.05) is 0 Å². The number of hydrogen-bond acceptors (Lipinski definition) is 24. The summed E-state index contributed by atoms with van der Waals surface area (Å²) < 4.78 is 207. The normalized spacial score (nSPS) is 8.63. The molecule has 0 atom stereocenters. The van der Waals surface area contributed by atoms with Gasteiger partial charge in [-0.05, 0) is 0 Å². The number of rotatable bonds is 0. The first-order valence-corrected chi connectivity index (χ1v) is 29.4. The summed E-state index contributed by atoms with van der Waals surface area (Å²) in [5, 5.41) is 0. The van der Waals surface area contributed by atoms with Crippen LogP contribution in [0.3, 0.4) is 0 Å². The maximum absolute atomic E-state index is 8.64. The first-order chi connectivity index (χ1) is 12.0. The van der Waals surface area contributed by atoms with E-state index in [9.17, 15) is 0 Å². The van der Waals surface area contributed by atoms with Gasteiger partial charge < -0.3 is 32.9 Å². The standard InChI is InChI=1S/30O.6Sb.5U/q;;;;;;6*-2;18*-1;;;;;;;5*+6. The molecule has 0 N–H and O–H groups in total. The van der Waals surface area contributed by atoms with Gasteiger partial charge in [0.15, 0.2) is 0 Å². The Morgan fingerprint density at radius 1 is 0.195 bits per heavy atom. The Balaban J connectivity index is -0.0000000107. The van der Waals surface area contributed by atoms with Crippen LogP contribution in [0.1, 0.15) is 0 Å². The molecule has 0 unspecified atom stereocenters. The molecule has 0 aromatic rings. The summed E-state index contributed by atoms with van der Waals surface area (Å²) >= 11 is -36.6. The fourth-order valence-corrected chi connectivity index (χ4v) is 0. The van der Waals surface area contributed by atoms with Gasteiger partial charge >= 0.3 is 355 Å². The molecular weight excluding hydrogens is 2400 g/mol. The van der Waals surface area contributed by atoms with Gasteiger partial charge in [0, 0.05) is 0 Å². The Labute approximate surface area is 378 Å². The first-order valence-electron chi connectivity index (χ1n) is 4.38. The largest absolute Gasteiger partial charge is 6.00 e. The third kappa shape index (κ3) is 1580. The zero-order valence-corrected chi connectivity index (χ0v) is 53.6. The molecule has 0 aliphatic carbocycles. The van der Waals surface area contributed by atoms with Gasteiger partial charge in [-0.1, -0.05) is 0 Å². The van der Waals surface area contributed by atoms with Crippen LogP contribution in [-0.4, -0.2) is 120 Å². The number of hydrogen-bond donors (Lipinski definition) is 0. The molecule has 0 fully saturated rings. The van der Waals surface area contributed by atoms with Crippen LogP contribution < -0.4 is 60.9 Å². The molecule has 0 bridgehead atoms. The Hall–Kier alpha value is 8.01. The smallest absolute Gasteiger partial charge is 6.00 e. The van der Waals surface area contributed by atoms with Gasteiger partial charge in [0.05, 0.1) is 0 Å². The zero-order valence-electron chi connectivity index (χ0n) is 17.4. The third-order valence-corrected chi connectivity index (χ3v) is 0. The Bertz CT molecular complexity index is 477. The zero-order chi connectivity index (χ0) is 27.0. The summed E-state index contributed by atoms with van der Waals surface area (Å²) in [5.74, 6) is 0. The Morgan fingerprint density at radius 2 is 0.195 bits per heavy atom. The maximum Gasteiger partial charge on any atom is 6.00 e. The second-order valence-electron chi connectivity index (χ2n) is 2.68. The van der Waals surface area contributed by atoms with Crippen molar-refractivity contribution in [3.63, 3.8) is 0 Å². The molecule has 41 heteroatoms. The SMILES string of the molecule is [O-2].[O-2].[O-2].[O-2].[O-2].[O-2].[O]=[Sb]([O-])([O-])[O-].[O]=[Sb]([O-])([O-])[O-].[O]=[Sb]([O-])([O-])[O-].[O]=[Sb]([O-])([O-])[O-].[O]=[Sb]([O-])([O-])[O-].[O]=[Sb]([O-])([O-])[O-].[U+6].[U+6].[U+6].[U+6].[U+6]. The molecule has 0 rings (SSSR count). The van der Waals surface area contributed by atoms with Crippen molar-refractivity contribution in [2.24, 2.45) is 0 Å². The molecule has 0 radical (unpaired) electrons. The maximum atomic E-state index is 8.64. The molecule has 0 saturated heterocycles. The summed E-state index contributed by atoms with van der Waals surface area (Å²) in [5.41, 5.74) is 0. The van der Waals surface area contributed by atoms with Crippen LogP contribution in [0.5, 0.6) is 0 Å². The van der Waals surface area contributed by atoms with Crippen LogP contribution in [0, 0.1) is 156 Å². The van der Waals surface area contributed by atoms with E-state index in [1.165, 1.54) is 0 Å². The molecule has 41 heavy (non-hydrogen) atoms. The Morgan fingerprint density at radius 3 is 0.195 bits per heavy atom. The van der Waals surface area contributed by atoms with Crippen LogP contribution in [-0.2, 0) is 51.0 Å². The fourth-order valence-electron chi connectivity index (χ4n) is 0. The monoisotopic (exact) mass is 2400 g/mol. The fraction of sp³-hybridized carbons (Fsp3) is 0. The average Bonchev–Trinajstić information content (AvgIpc) is 1.94. The van der Waals surface area contributed by atoms with Crippen LogP contribution in [0.25, 0.3) is 0 Å². The summed E-state index contributed by atoms with van der Waals surface area (Å²) in [7, 11) is 0. The predicted molar refractivity (Wildman–Crippen MR) is 42.8 cm³/mol. The van der Waals surface area contributed by atoms with E-state index in [4.69, 9.17) is 79.0 Å². The van der Waals surface area contributed by atoms with Crippen LogP contribution in [0.15, 0.2) is 0 Å². The summed E-state index contributed by atoms with van der Waals surface area (Å²) in [6, 6.07) is 0. The van der Waals surface area contributed by atoms with Crippen molar-refractivity contribution >= 4 is 120 Å². The molecule has 30 nitrogen and oxygen atoms in total. The molecule has 0 saturated carbocycles. The summed E-state index contributed by atoms with van der Waals surface area (Å²) in [4.78, 5) is 0. The van der Waals surface area contributed by atoms with Gasteiger partial charge in [0.25, 0.3) is 0 Å². The third-order valence-electron chi connectivity index (χ3n) is 0. The predicted octanol–water partition coefficient (Wildman–Crippen LogP) is -25.1. The minimum Gasteiger partial charge on any atom is 6.00 e. The molecule has 230 valence electrons. The molecule has 0 aromatic heterocycles. The van der Waals surface area contributed by atoms with E-state index < -0.39 is 120 Å². The molecule has 0 spiro atoms. The summed E-state index contributed by atoms with van der Waals surface area (Å²) in [6.45, 7) is 0. The van der Waals surface area contributed by atoms with Crippen molar-refractivity contribution in [1.82, 2.24) is 0 Å². The minimum atomic E-state index is -6.10. The minimum absolute atomic E-state index is 0. The van der Waals surface area contributed by atoms with Crippen LogP contribution in [0.4, 0.5) is 0 Å². The van der Waals surface area contributed by atoms with Crippen molar-refractivity contribution in [2.75, 3.05) is 0 Å². The average molecular weight is 2400 g/mol. The van der Waals surface area contributed by atoms with E-state index in [2.05, 4.69) is 0 Å². The second kappa shape index (κ2) is 54.8. The summed E-state index contributed by atoms with van der Waals surface area (Å²) in [6.07, 6.45) is 0. The molecular formula is O30Sb6U5. The van der Waals surface area contributed by atoms with Crippen molar-refractivity contribution in [1.29, 1.82) is 0 Å². The van der Waals surface area contributed by atoms with E-state index in [0.29, 0.717) is 0 Å². The van der Waals surface area contributed by atoms with Gasteiger partial charge in [0.2, 0.25) is 0 Å². The Kier molecular flexibility index (Phi) is 147. The van der Waals surface area contributed by atoms with Gasteiger partial charge in [-0.25, -0.2) is 0 Å². The van der Waals surface area contributed by atoms with Crippen LogP contribution >= 0.6 is 0 Å². The quantitative estimate of drug-likeness (QED) is 0.203. The molecule has 0 amide bonds. The second-order valence-corrected chi connectivity index (χ2v) is 18.0. The van der Waals surface area contributed by atoms with E-state index in [1.54, 1.807) is 0 Å². The van der Waals surface area contributed by atoms with Gasteiger partial charge in [-0.3, -0.25) is 0 Å². The molecule has 0 aromatic carbocycles.